The number of rotatable bonds is 11. The highest BCUT2D eigenvalue weighted by Crippen LogP contribution is 2.32. The molecule has 9 heteroatoms. The number of hydrogen-bond acceptors (Lipinski definition) is 5. The summed E-state index contributed by atoms with van der Waals surface area (Å²) in [6, 6.07) is 28.1. The predicted molar refractivity (Wildman–Crippen MR) is 150 cm³/mol. The molecule has 0 atom stereocenters. The molecule has 0 N–H and O–H groups in total. The molecule has 0 spiro atoms. The fourth-order valence-corrected chi connectivity index (χ4v) is 7.38. The second kappa shape index (κ2) is 15.9. The molecule has 0 amide bonds. The van der Waals surface area contributed by atoms with Crippen molar-refractivity contribution in [3.8, 4) is 0 Å². The van der Waals surface area contributed by atoms with E-state index in [1.807, 2.05) is 48.5 Å². The van der Waals surface area contributed by atoms with Gasteiger partial charge in [0.05, 0.1) is 22.9 Å². The Kier molecular flexibility index (Phi) is 14.1. The zero-order valence-corrected chi connectivity index (χ0v) is 23.4. The first-order valence-electron chi connectivity index (χ1n) is 11.8. The minimum atomic E-state index is -3.97. The summed E-state index contributed by atoms with van der Waals surface area (Å²) in [5.41, 5.74) is 0. The third-order valence-electron chi connectivity index (χ3n) is 5.44. The highest BCUT2D eigenvalue weighted by Gasteiger charge is 2.25. The van der Waals surface area contributed by atoms with Crippen molar-refractivity contribution in [2.24, 2.45) is 0 Å². The fraction of sp³-hybridized carbons (Fsp3) is 0.333. The molecule has 0 aromatic heterocycles. The lowest BCUT2D eigenvalue weighted by molar-refractivity contribution is 0.459. The normalized spacial score (nSPS) is 11.3. The second-order valence-corrected chi connectivity index (χ2v) is 14.5. The van der Waals surface area contributed by atoms with Gasteiger partial charge in [-0.3, -0.25) is 4.70 Å². The van der Waals surface area contributed by atoms with Crippen LogP contribution in [0.25, 0.3) is 0 Å². The summed E-state index contributed by atoms with van der Waals surface area (Å²) in [7, 11) is -8.26. The summed E-state index contributed by atoms with van der Waals surface area (Å²) in [5, 5.41) is 3.76. The summed E-state index contributed by atoms with van der Waals surface area (Å²) in [5.74, 6) is -0.195. The van der Waals surface area contributed by atoms with E-state index in [1.54, 1.807) is 12.1 Å². The molecule has 3 aromatic carbocycles. The first kappa shape index (κ1) is 31.9. The molecule has 0 fully saturated rings. The maximum atomic E-state index is 11.7. The maximum absolute atomic E-state index is 11.7. The van der Waals surface area contributed by atoms with Gasteiger partial charge in [0.2, 0.25) is 0 Å². The summed E-state index contributed by atoms with van der Waals surface area (Å²) >= 11 is 0. The largest absolute Gasteiger partial charge is 0.748 e. The first-order valence-corrected chi connectivity index (χ1v) is 16.8. The summed E-state index contributed by atoms with van der Waals surface area (Å²) in [6.07, 6.45) is 7.20. The van der Waals surface area contributed by atoms with E-state index < -0.39 is 27.9 Å². The highest BCUT2D eigenvalue weighted by atomic mass is 32.2. The molecule has 0 saturated heterocycles. The second-order valence-electron chi connectivity index (χ2n) is 8.43. The third kappa shape index (κ3) is 11.7. The molecule has 3 aromatic rings. The van der Waals surface area contributed by atoms with Crippen LogP contribution in [-0.4, -0.2) is 33.4 Å². The molecule has 0 unspecified atom stereocenters. The highest BCUT2D eigenvalue weighted by molar-refractivity contribution is 7.90. The predicted octanol–water partition coefficient (Wildman–Crippen LogP) is 4.63. The molecule has 5 nitrogen and oxygen atoms in total. The van der Waals surface area contributed by atoms with Gasteiger partial charge >= 0.3 is 0 Å². The van der Waals surface area contributed by atoms with Crippen molar-refractivity contribution in [1.29, 1.82) is 0 Å². The Labute approximate surface area is 216 Å². The Bertz CT molecular complexity index is 1180. The van der Waals surface area contributed by atoms with E-state index in [-0.39, 0.29) is 10.5 Å². The van der Waals surface area contributed by atoms with E-state index in [0.717, 1.165) is 19.3 Å². The van der Waals surface area contributed by atoms with Gasteiger partial charge in [-0.15, -0.1) is 0 Å². The van der Waals surface area contributed by atoms with Gasteiger partial charge in [0.25, 0.3) is 0 Å². The molecule has 198 valence electrons. The van der Waals surface area contributed by atoms with Crippen molar-refractivity contribution in [1.82, 2.24) is 0 Å². The maximum Gasteiger partial charge on any atom is 0.175 e. The van der Waals surface area contributed by atoms with Crippen LogP contribution in [0.5, 0.6) is 0 Å². The molecule has 0 aliphatic heterocycles. The van der Waals surface area contributed by atoms with Gasteiger partial charge in [-0.2, -0.15) is 0 Å². The van der Waals surface area contributed by atoms with Crippen molar-refractivity contribution < 1.29 is 26.1 Å². The molecule has 0 aliphatic carbocycles. The number of hydrogen-bond donors (Lipinski definition) is 0. The Balaban J connectivity index is 0.000000429. The Morgan fingerprint density at radius 2 is 1.06 bits per heavy atom. The van der Waals surface area contributed by atoms with Crippen LogP contribution in [0, 0.1) is 0 Å². The van der Waals surface area contributed by atoms with E-state index in [0.29, 0.717) is 11.3 Å². The third-order valence-corrected chi connectivity index (χ3v) is 10.1. The fourth-order valence-electron chi connectivity index (χ4n) is 3.64. The van der Waals surface area contributed by atoms with Crippen molar-refractivity contribution in [2.75, 3.05) is 12.0 Å². The van der Waals surface area contributed by atoms with E-state index >= 15 is 0 Å². The van der Waals surface area contributed by atoms with Crippen molar-refractivity contribution in [3.05, 3.63) is 84.9 Å². The molecule has 0 aliphatic rings. The van der Waals surface area contributed by atoms with Crippen LogP contribution in [0.1, 0.15) is 45.4 Å². The van der Waals surface area contributed by atoms with Gasteiger partial charge in [-0.25, -0.2) is 16.8 Å². The van der Waals surface area contributed by atoms with E-state index in [9.17, 15) is 21.4 Å². The number of halogens is 1. The lowest BCUT2D eigenvalue weighted by atomic mass is 10.1. The van der Waals surface area contributed by atoms with Gasteiger partial charge in [-0.05, 0) is 55.0 Å². The zero-order chi connectivity index (χ0) is 25.7. The van der Waals surface area contributed by atoms with E-state index in [2.05, 4.69) is 31.2 Å². The van der Waals surface area contributed by atoms with Crippen LogP contribution in [-0.2, 0) is 20.0 Å². The van der Waals surface area contributed by atoms with Crippen LogP contribution in [0.2, 0.25) is 0 Å². The van der Waals surface area contributed by atoms with Gasteiger partial charge in [0, 0.05) is 12.0 Å². The lowest BCUT2D eigenvalue weighted by Crippen LogP contribution is -2.20. The van der Waals surface area contributed by atoms with Crippen LogP contribution < -0.4 is 15.9 Å². The molecular weight excluding hydrogens is 518 g/mol. The average Bonchev–Trinajstić information content (AvgIpc) is 2.82. The number of sulfone groups is 1. The van der Waals surface area contributed by atoms with Gasteiger partial charge in [0.1, 0.15) is 15.9 Å². The molecule has 36 heavy (non-hydrogen) atoms. The van der Waals surface area contributed by atoms with Gasteiger partial charge in [-0.1, -0.05) is 75.4 Å². The molecule has 0 bridgehead atoms. The average molecular weight is 555 g/mol. The van der Waals surface area contributed by atoms with Gasteiger partial charge in [0.15, 0.2) is 9.84 Å². The Morgan fingerprint density at radius 1 is 0.639 bits per heavy atom. The van der Waals surface area contributed by atoms with Crippen molar-refractivity contribution >= 4 is 43.8 Å². The molecular formula is C27H36FO5PS2. The monoisotopic (exact) mass is 554 g/mol. The minimum Gasteiger partial charge on any atom is -0.748 e. The van der Waals surface area contributed by atoms with Gasteiger partial charge < -0.3 is 4.55 Å². The van der Waals surface area contributed by atoms with Crippen LogP contribution >= 0.6 is 7.92 Å². The van der Waals surface area contributed by atoms with Crippen LogP contribution in [0.15, 0.2) is 89.8 Å². The van der Waals surface area contributed by atoms with Crippen LogP contribution in [0.4, 0.5) is 4.70 Å². The summed E-state index contributed by atoms with van der Waals surface area (Å²) < 4.78 is 53.8. The zero-order valence-electron chi connectivity index (χ0n) is 20.8. The van der Waals surface area contributed by atoms with E-state index in [1.165, 1.54) is 35.0 Å². The Morgan fingerprint density at radius 3 is 1.47 bits per heavy atom. The standard InChI is InChI=1S/C19H17O2PS.C8H18O3S.FH/c1-23(20,21)19-14-12-18(13-15-19)22(16-8-4-2-5-9-16)17-10-6-3-7-11-17;1-2-3-4-5-6-7-8-12(9,10)11;/h2-15H,1H3;2-8H2,1H3,(H,9,10,11);1H. The van der Waals surface area contributed by atoms with Crippen molar-refractivity contribution in [3.63, 3.8) is 0 Å². The summed E-state index contributed by atoms with van der Waals surface area (Å²) in [4.78, 5) is 0.365. The molecule has 0 heterocycles. The summed E-state index contributed by atoms with van der Waals surface area (Å²) in [6.45, 7) is 2.13. The number of unbranched alkanes of at least 4 members (excludes halogenated alkanes) is 5. The quantitative estimate of drug-likeness (QED) is 0.196. The molecule has 0 saturated carbocycles. The number of benzene rings is 3. The van der Waals surface area contributed by atoms with Crippen LogP contribution in [0.3, 0.4) is 0 Å². The SMILES string of the molecule is CCCCCCCCS(=O)(=O)[O-].CS(=O)(=O)c1ccc([PH+](c2ccccc2)c2ccccc2)cc1.F. The first-order chi connectivity index (χ1) is 16.6. The molecule has 3 rings (SSSR count). The van der Waals surface area contributed by atoms with Crippen molar-refractivity contribution in [2.45, 2.75) is 50.3 Å². The Hall–Kier alpha value is -2.12. The lowest BCUT2D eigenvalue weighted by Gasteiger charge is -2.11. The smallest absolute Gasteiger partial charge is 0.175 e. The minimum absolute atomic E-state index is 0. The van der Waals surface area contributed by atoms with E-state index in [4.69, 9.17) is 0 Å². The topological polar surface area (TPSA) is 91.3 Å². The molecule has 0 radical (unpaired) electrons.